The van der Waals surface area contributed by atoms with Gasteiger partial charge in [0.1, 0.15) is 5.57 Å². The Hall–Kier alpha value is -1.49. The number of esters is 1. The average molecular weight is 314 g/mol. The second-order valence-corrected chi connectivity index (χ2v) is 7.15. The number of ether oxygens (including phenoxy) is 1. The van der Waals surface area contributed by atoms with E-state index >= 15 is 0 Å². The van der Waals surface area contributed by atoms with E-state index in [1.165, 1.54) is 30.4 Å². The van der Waals surface area contributed by atoms with Crippen LogP contribution in [0.2, 0.25) is 0 Å². The van der Waals surface area contributed by atoms with Crippen molar-refractivity contribution in [3.8, 4) is 12.3 Å². The lowest BCUT2D eigenvalue weighted by Crippen LogP contribution is -2.18. The first-order chi connectivity index (χ1) is 11.1. The van der Waals surface area contributed by atoms with E-state index in [1.807, 2.05) is 6.92 Å². The molecule has 1 fully saturated rings. The van der Waals surface area contributed by atoms with Gasteiger partial charge in [-0.2, -0.15) is 0 Å². The fraction of sp³-hybridized carbons (Fsp3) is 0.667. The molecule has 2 heteroatoms. The van der Waals surface area contributed by atoms with Crippen molar-refractivity contribution in [2.75, 3.05) is 6.61 Å². The summed E-state index contributed by atoms with van der Waals surface area (Å²) in [6, 6.07) is 0. The molecule has 0 aromatic carbocycles. The zero-order valence-electron chi connectivity index (χ0n) is 14.9. The van der Waals surface area contributed by atoms with Crippen LogP contribution in [-0.2, 0) is 9.53 Å². The second kappa shape index (κ2) is 8.39. The van der Waals surface area contributed by atoms with Crippen molar-refractivity contribution in [2.45, 2.75) is 65.7 Å². The summed E-state index contributed by atoms with van der Waals surface area (Å²) >= 11 is 0. The Balaban J connectivity index is 2.06. The molecule has 0 amide bonds. The number of rotatable bonds is 5. The third kappa shape index (κ3) is 4.50. The van der Waals surface area contributed by atoms with Crippen molar-refractivity contribution >= 4 is 5.97 Å². The maximum absolute atomic E-state index is 12.1. The van der Waals surface area contributed by atoms with E-state index in [0.29, 0.717) is 24.0 Å². The maximum atomic E-state index is 12.1. The lowest BCUT2D eigenvalue weighted by molar-refractivity contribution is -0.138. The van der Waals surface area contributed by atoms with Gasteiger partial charge in [0.15, 0.2) is 0 Å². The number of carbonyl (C=O) groups excluding carboxylic acids is 1. The first-order valence-electron chi connectivity index (χ1n) is 9.09. The summed E-state index contributed by atoms with van der Waals surface area (Å²) in [5, 5.41) is 0. The highest BCUT2D eigenvalue weighted by atomic mass is 16.5. The van der Waals surface area contributed by atoms with Crippen molar-refractivity contribution in [3.63, 3.8) is 0 Å². The van der Waals surface area contributed by atoms with Crippen LogP contribution in [0.25, 0.3) is 0 Å². The normalized spacial score (nSPS) is 27.8. The summed E-state index contributed by atoms with van der Waals surface area (Å²) in [5.41, 5.74) is 3.22. The van der Waals surface area contributed by atoms with Gasteiger partial charge in [0, 0.05) is 0 Å². The lowest BCUT2D eigenvalue weighted by atomic mass is 9.76. The average Bonchev–Trinajstić information content (AvgIpc) is 2.97. The summed E-state index contributed by atoms with van der Waals surface area (Å²) < 4.78 is 5.14. The molecule has 3 atom stereocenters. The second-order valence-electron chi connectivity index (χ2n) is 7.15. The number of hydrogen-bond donors (Lipinski definition) is 0. The predicted molar refractivity (Wildman–Crippen MR) is 94.7 cm³/mol. The van der Waals surface area contributed by atoms with Crippen LogP contribution >= 0.6 is 0 Å². The van der Waals surface area contributed by atoms with E-state index in [0.717, 1.165) is 31.6 Å². The monoisotopic (exact) mass is 314 g/mol. The summed E-state index contributed by atoms with van der Waals surface area (Å²) in [7, 11) is 0. The molecule has 2 rings (SSSR count). The van der Waals surface area contributed by atoms with Crippen LogP contribution in [0.5, 0.6) is 0 Å². The molecule has 2 aliphatic rings. The molecule has 126 valence electrons. The number of allylic oxidation sites excluding steroid dienone is 3. The van der Waals surface area contributed by atoms with E-state index in [2.05, 4.69) is 25.8 Å². The van der Waals surface area contributed by atoms with Crippen LogP contribution in [0.1, 0.15) is 65.7 Å². The molecule has 0 spiro atoms. The molecule has 2 aliphatic carbocycles. The molecule has 0 aromatic heterocycles. The molecule has 0 aliphatic heterocycles. The number of hydrogen-bond acceptors (Lipinski definition) is 2. The highest BCUT2D eigenvalue weighted by molar-refractivity contribution is 5.94. The van der Waals surface area contributed by atoms with Gasteiger partial charge in [0.05, 0.1) is 6.61 Å². The largest absolute Gasteiger partial charge is 0.462 e. The molecular formula is C21H30O2. The molecule has 23 heavy (non-hydrogen) atoms. The zero-order valence-corrected chi connectivity index (χ0v) is 14.9. The minimum atomic E-state index is -0.305. The Morgan fingerprint density at radius 1 is 1.43 bits per heavy atom. The van der Waals surface area contributed by atoms with Crippen LogP contribution in [0.4, 0.5) is 0 Å². The van der Waals surface area contributed by atoms with Gasteiger partial charge < -0.3 is 4.74 Å². The fourth-order valence-electron chi connectivity index (χ4n) is 4.14. The van der Waals surface area contributed by atoms with Gasteiger partial charge in [-0.3, -0.25) is 0 Å². The fourth-order valence-corrected chi connectivity index (χ4v) is 4.14. The number of terminal acetylenes is 1. The Labute approximate surface area is 141 Å². The molecule has 0 heterocycles. The zero-order chi connectivity index (χ0) is 16.8. The quantitative estimate of drug-likeness (QED) is 0.307. The minimum absolute atomic E-state index is 0.305. The summed E-state index contributed by atoms with van der Waals surface area (Å²) in [6.45, 7) is 6.81. The van der Waals surface area contributed by atoms with E-state index < -0.39 is 0 Å². The van der Waals surface area contributed by atoms with Crippen LogP contribution < -0.4 is 0 Å². The SMILES string of the molecule is C#C/C(C(=O)OCC)=C1\CCCC1CC(C)C1CC=C(C)CC1. The highest BCUT2D eigenvalue weighted by Crippen LogP contribution is 2.41. The van der Waals surface area contributed by atoms with Gasteiger partial charge in [-0.05, 0) is 82.1 Å². The summed E-state index contributed by atoms with van der Waals surface area (Å²) in [5.74, 6) is 4.23. The van der Waals surface area contributed by atoms with Gasteiger partial charge >= 0.3 is 5.97 Å². The van der Waals surface area contributed by atoms with Gasteiger partial charge in [0.2, 0.25) is 0 Å². The Bertz CT molecular complexity index is 533. The number of carbonyl (C=O) groups is 1. The standard InChI is InChI=1S/C21H30O2/c1-5-19(21(22)23-6-2)20-9-7-8-18(20)14-16(4)17-12-10-15(3)11-13-17/h1,10,16-18H,6-9,11-14H2,2-4H3/b20-19-. The van der Waals surface area contributed by atoms with Crippen LogP contribution in [0.3, 0.4) is 0 Å². The van der Waals surface area contributed by atoms with Crippen molar-refractivity contribution in [1.29, 1.82) is 0 Å². The van der Waals surface area contributed by atoms with Crippen molar-refractivity contribution < 1.29 is 9.53 Å². The van der Waals surface area contributed by atoms with Crippen molar-refractivity contribution in [3.05, 3.63) is 22.8 Å². The smallest absolute Gasteiger partial charge is 0.346 e. The Morgan fingerprint density at radius 2 is 2.22 bits per heavy atom. The molecule has 0 aromatic rings. The van der Waals surface area contributed by atoms with Gasteiger partial charge in [-0.15, -0.1) is 6.42 Å². The van der Waals surface area contributed by atoms with E-state index in [-0.39, 0.29) is 5.97 Å². The third-order valence-electron chi connectivity index (χ3n) is 5.58. The topological polar surface area (TPSA) is 26.3 Å². The lowest BCUT2D eigenvalue weighted by Gasteiger charge is -2.29. The van der Waals surface area contributed by atoms with E-state index in [9.17, 15) is 4.79 Å². The molecule has 0 bridgehead atoms. The maximum Gasteiger partial charge on any atom is 0.346 e. The Kier molecular flexibility index (Phi) is 6.51. The van der Waals surface area contributed by atoms with Crippen LogP contribution in [0.15, 0.2) is 22.8 Å². The molecule has 0 N–H and O–H groups in total. The summed E-state index contributed by atoms with van der Waals surface area (Å²) in [6.07, 6.45) is 16.2. The van der Waals surface area contributed by atoms with Crippen molar-refractivity contribution in [1.82, 2.24) is 0 Å². The minimum Gasteiger partial charge on any atom is -0.462 e. The molecule has 0 radical (unpaired) electrons. The third-order valence-corrected chi connectivity index (χ3v) is 5.58. The van der Waals surface area contributed by atoms with E-state index in [4.69, 9.17) is 11.2 Å². The molecule has 3 unspecified atom stereocenters. The molecule has 2 nitrogen and oxygen atoms in total. The van der Waals surface area contributed by atoms with Crippen LogP contribution in [0, 0.1) is 30.1 Å². The van der Waals surface area contributed by atoms with Gasteiger partial charge in [-0.1, -0.05) is 24.5 Å². The van der Waals surface area contributed by atoms with Crippen molar-refractivity contribution in [2.24, 2.45) is 17.8 Å². The molecule has 1 saturated carbocycles. The first-order valence-corrected chi connectivity index (χ1v) is 9.09. The van der Waals surface area contributed by atoms with E-state index in [1.54, 1.807) is 0 Å². The highest BCUT2D eigenvalue weighted by Gasteiger charge is 2.30. The van der Waals surface area contributed by atoms with Crippen LogP contribution in [-0.4, -0.2) is 12.6 Å². The van der Waals surface area contributed by atoms with Gasteiger partial charge in [0.25, 0.3) is 0 Å². The molecule has 0 saturated heterocycles. The summed E-state index contributed by atoms with van der Waals surface area (Å²) in [4.78, 5) is 12.1. The van der Waals surface area contributed by atoms with Gasteiger partial charge in [-0.25, -0.2) is 4.79 Å². The first kappa shape index (κ1) is 17.9. The predicted octanol–water partition coefficient (Wildman–Crippen LogP) is 5.05. The molecular weight excluding hydrogens is 284 g/mol. The Morgan fingerprint density at radius 3 is 2.83 bits per heavy atom.